The van der Waals surface area contributed by atoms with Crippen molar-refractivity contribution in [1.29, 1.82) is 0 Å². The molecule has 0 radical (unpaired) electrons. The first-order valence-corrected chi connectivity index (χ1v) is 18.7. The van der Waals surface area contributed by atoms with E-state index < -0.39 is 11.6 Å². The number of nitrogens with zero attached hydrogens (tertiary/aromatic N) is 1. The summed E-state index contributed by atoms with van der Waals surface area (Å²) in [4.78, 5) is 16.2. The third-order valence-electron chi connectivity index (χ3n) is 10.5. The Morgan fingerprint density at radius 3 is 1.90 bits per heavy atom. The Bertz CT molecular complexity index is 2180. The molecule has 0 fully saturated rings. The molecule has 262 valence electrons. The van der Waals surface area contributed by atoms with Gasteiger partial charge in [-0.2, -0.15) is 0 Å². The average molecular weight is 686 g/mol. The molecule has 0 bridgehead atoms. The van der Waals surface area contributed by atoms with Crippen LogP contribution in [0.2, 0.25) is 0 Å². The molecule has 1 atom stereocenters. The molecule has 1 heterocycles. The topological polar surface area (TPSA) is 38.8 Å². The summed E-state index contributed by atoms with van der Waals surface area (Å²) in [7, 11) is 1.45. The van der Waals surface area contributed by atoms with Crippen molar-refractivity contribution in [2.75, 3.05) is 25.1 Å². The zero-order valence-corrected chi connectivity index (χ0v) is 30.7. The van der Waals surface area contributed by atoms with Crippen LogP contribution in [0, 0.1) is 0 Å². The Morgan fingerprint density at radius 1 is 0.673 bits per heavy atom. The summed E-state index contributed by atoms with van der Waals surface area (Å²) in [5.41, 5.74) is 8.94. The minimum absolute atomic E-state index is 0.399. The van der Waals surface area contributed by atoms with Crippen LogP contribution in [0.4, 0.5) is 5.69 Å². The molecule has 0 aliphatic carbocycles. The molecule has 0 N–H and O–H groups in total. The van der Waals surface area contributed by atoms with E-state index in [1.807, 2.05) is 30.3 Å². The van der Waals surface area contributed by atoms with E-state index in [4.69, 9.17) is 9.47 Å². The van der Waals surface area contributed by atoms with E-state index in [1.165, 1.54) is 43.2 Å². The van der Waals surface area contributed by atoms with Gasteiger partial charge in [-0.25, -0.2) is 4.79 Å². The average Bonchev–Trinajstić information content (AvgIpc) is 3.21. The van der Waals surface area contributed by atoms with Crippen molar-refractivity contribution in [3.63, 3.8) is 0 Å². The molecule has 0 saturated heterocycles. The first-order valence-electron chi connectivity index (χ1n) is 18.7. The number of hydrogen-bond donors (Lipinski definition) is 0. The number of carbonyl (C=O) groups excluding carboxylic acids is 1. The zero-order chi connectivity index (χ0) is 36.1. The molecule has 52 heavy (non-hydrogen) atoms. The molecule has 4 nitrogen and oxygen atoms in total. The van der Waals surface area contributed by atoms with Crippen molar-refractivity contribution in [3.05, 3.63) is 161 Å². The van der Waals surface area contributed by atoms with Gasteiger partial charge in [-0.1, -0.05) is 135 Å². The SMILES string of the molecule is CCCCCc1ccc(-c2ccc(-c3c(C(=O)OC)c4c(c5ccccc35)OC(c3ccccc3)(c3ccc(N(CC)CC)cc3)C=C4)cc2)cc1. The lowest BCUT2D eigenvalue weighted by Crippen LogP contribution is -2.35. The molecule has 6 aromatic rings. The van der Waals surface area contributed by atoms with Gasteiger partial charge in [-0.05, 0) is 78.6 Å². The standard InChI is InChI=1S/C48H47NO3/c1-5-8-10-15-34-20-22-35(23-21-34)36-24-26-37(27-25-36)44-41-18-13-14-19-42(41)46-43(45(44)47(50)51-4)32-33-48(52-46,38-16-11-9-12-17-38)39-28-30-40(31-29-39)49(6-2)7-3/h9,11-14,16-33H,5-8,10,15H2,1-4H3. The van der Waals surface area contributed by atoms with Gasteiger partial charge in [0.05, 0.1) is 12.7 Å². The highest BCUT2D eigenvalue weighted by Crippen LogP contribution is 2.50. The van der Waals surface area contributed by atoms with Crippen molar-refractivity contribution in [3.8, 4) is 28.0 Å². The summed E-state index contributed by atoms with van der Waals surface area (Å²) >= 11 is 0. The molecule has 0 saturated carbocycles. The number of esters is 1. The summed E-state index contributed by atoms with van der Waals surface area (Å²) in [6.07, 6.45) is 8.97. The van der Waals surface area contributed by atoms with Gasteiger partial charge in [0.2, 0.25) is 0 Å². The van der Waals surface area contributed by atoms with Crippen molar-refractivity contribution >= 4 is 28.5 Å². The molecule has 0 aromatic heterocycles. The van der Waals surface area contributed by atoms with Crippen molar-refractivity contribution in [1.82, 2.24) is 0 Å². The normalized spacial score (nSPS) is 14.8. The molecular weight excluding hydrogens is 639 g/mol. The van der Waals surface area contributed by atoms with Gasteiger partial charge >= 0.3 is 5.97 Å². The van der Waals surface area contributed by atoms with Gasteiger partial charge in [0.1, 0.15) is 5.75 Å². The fourth-order valence-electron chi connectivity index (χ4n) is 7.65. The molecule has 0 spiro atoms. The van der Waals surface area contributed by atoms with E-state index in [0.717, 1.165) is 63.7 Å². The summed E-state index contributed by atoms with van der Waals surface area (Å²) in [5.74, 6) is 0.262. The van der Waals surface area contributed by atoms with Gasteiger partial charge in [-0.15, -0.1) is 0 Å². The second kappa shape index (κ2) is 15.3. The van der Waals surface area contributed by atoms with Gasteiger partial charge in [0.15, 0.2) is 5.60 Å². The summed E-state index contributed by atoms with van der Waals surface area (Å²) in [6.45, 7) is 8.45. The molecule has 1 aliphatic rings. The van der Waals surface area contributed by atoms with Gasteiger partial charge in [0.25, 0.3) is 0 Å². The lowest BCUT2D eigenvalue weighted by Gasteiger charge is -2.37. The number of carbonyl (C=O) groups is 1. The van der Waals surface area contributed by atoms with Crippen LogP contribution in [0.1, 0.15) is 72.6 Å². The lowest BCUT2D eigenvalue weighted by atomic mass is 9.81. The minimum atomic E-state index is -0.916. The summed E-state index contributed by atoms with van der Waals surface area (Å²) in [6, 6.07) is 44.6. The summed E-state index contributed by atoms with van der Waals surface area (Å²) in [5, 5.41) is 1.87. The van der Waals surface area contributed by atoms with Crippen molar-refractivity contribution in [2.24, 2.45) is 0 Å². The van der Waals surface area contributed by atoms with Crippen LogP contribution < -0.4 is 9.64 Å². The van der Waals surface area contributed by atoms with Crippen LogP contribution in [0.15, 0.2) is 133 Å². The predicted molar refractivity (Wildman–Crippen MR) is 216 cm³/mol. The smallest absolute Gasteiger partial charge is 0.339 e. The maximum atomic E-state index is 13.9. The Morgan fingerprint density at radius 2 is 1.27 bits per heavy atom. The third kappa shape index (κ3) is 6.50. The monoisotopic (exact) mass is 685 g/mol. The number of aryl methyl sites for hydroxylation is 1. The maximum Gasteiger partial charge on any atom is 0.339 e. The number of rotatable bonds is 12. The highest BCUT2D eigenvalue weighted by molar-refractivity contribution is 6.14. The van der Waals surface area contributed by atoms with E-state index in [9.17, 15) is 4.79 Å². The van der Waals surface area contributed by atoms with Crippen LogP contribution in [0.3, 0.4) is 0 Å². The van der Waals surface area contributed by atoms with Crippen LogP contribution in [-0.2, 0) is 16.8 Å². The minimum Gasteiger partial charge on any atom is -0.472 e. The number of hydrogen-bond acceptors (Lipinski definition) is 4. The van der Waals surface area contributed by atoms with Crippen molar-refractivity contribution in [2.45, 2.75) is 52.1 Å². The Hall–Kier alpha value is -5.61. The molecule has 1 unspecified atom stereocenters. The van der Waals surface area contributed by atoms with Gasteiger partial charge < -0.3 is 14.4 Å². The maximum absolute atomic E-state index is 13.9. The number of benzene rings is 6. The van der Waals surface area contributed by atoms with E-state index in [2.05, 4.69) is 135 Å². The molecule has 7 rings (SSSR count). The third-order valence-corrected chi connectivity index (χ3v) is 10.5. The van der Waals surface area contributed by atoms with Gasteiger partial charge in [0, 0.05) is 46.4 Å². The number of fused-ring (bicyclic) bond motifs is 3. The molecular formula is C48H47NO3. The Balaban J connectivity index is 1.35. The zero-order valence-electron chi connectivity index (χ0n) is 30.7. The van der Waals surface area contributed by atoms with Crippen LogP contribution >= 0.6 is 0 Å². The number of unbranched alkanes of at least 4 members (excludes halogenated alkanes) is 2. The second-order valence-electron chi connectivity index (χ2n) is 13.5. The van der Waals surface area contributed by atoms with Gasteiger partial charge in [-0.3, -0.25) is 0 Å². The summed E-state index contributed by atoms with van der Waals surface area (Å²) < 4.78 is 12.8. The van der Waals surface area contributed by atoms with E-state index in [1.54, 1.807) is 0 Å². The fraction of sp³-hybridized carbons (Fsp3) is 0.229. The first-order chi connectivity index (χ1) is 25.5. The van der Waals surface area contributed by atoms with Crippen molar-refractivity contribution < 1.29 is 14.3 Å². The fourth-order valence-corrected chi connectivity index (χ4v) is 7.65. The highest BCUT2D eigenvalue weighted by atomic mass is 16.5. The number of ether oxygens (including phenoxy) is 2. The molecule has 1 aliphatic heterocycles. The highest BCUT2D eigenvalue weighted by Gasteiger charge is 2.40. The largest absolute Gasteiger partial charge is 0.472 e. The van der Waals surface area contributed by atoms with E-state index in [-0.39, 0.29) is 0 Å². The van der Waals surface area contributed by atoms with E-state index in [0.29, 0.717) is 11.3 Å². The van der Waals surface area contributed by atoms with E-state index >= 15 is 0 Å². The second-order valence-corrected chi connectivity index (χ2v) is 13.5. The Kier molecular flexibility index (Phi) is 10.3. The number of methoxy groups -OCH3 is 1. The first kappa shape index (κ1) is 34.8. The molecule has 4 heteroatoms. The Labute approximate surface area is 308 Å². The molecule has 0 amide bonds. The predicted octanol–water partition coefficient (Wildman–Crippen LogP) is 11.9. The van der Waals surface area contributed by atoms with Crippen LogP contribution in [0.25, 0.3) is 39.1 Å². The number of anilines is 1. The van der Waals surface area contributed by atoms with Crippen LogP contribution in [0.5, 0.6) is 5.75 Å². The quantitative estimate of drug-likeness (QED) is 0.0949. The molecule has 6 aromatic carbocycles. The van der Waals surface area contributed by atoms with Crippen LogP contribution in [-0.4, -0.2) is 26.2 Å². The lowest BCUT2D eigenvalue weighted by molar-refractivity contribution is 0.0600.